The Balaban J connectivity index is 2.53. The Labute approximate surface area is 108 Å². The van der Waals surface area contributed by atoms with E-state index in [4.69, 9.17) is 10.00 Å². The molecule has 0 unspecified atom stereocenters. The number of rotatable bonds is 5. The van der Waals surface area contributed by atoms with Gasteiger partial charge in [0.25, 0.3) is 0 Å². The summed E-state index contributed by atoms with van der Waals surface area (Å²) in [5.74, 6) is 0.143. The van der Waals surface area contributed by atoms with E-state index in [0.717, 1.165) is 12.0 Å². The molecular weight excluding hydrogens is 226 g/mol. The van der Waals surface area contributed by atoms with Gasteiger partial charge in [0, 0.05) is 6.08 Å². The zero-order chi connectivity index (χ0) is 13.4. The molecule has 0 heterocycles. The lowest BCUT2D eigenvalue weighted by atomic mass is 10.1. The zero-order valence-electron chi connectivity index (χ0n) is 10.7. The largest absolute Gasteiger partial charge is 0.463 e. The molecule has 1 aromatic carbocycles. The highest BCUT2D eigenvalue weighted by Crippen LogP contribution is 2.09. The normalized spacial score (nSPS) is 10.6. The van der Waals surface area contributed by atoms with Gasteiger partial charge in [0.05, 0.1) is 18.2 Å². The first kappa shape index (κ1) is 14.0. The van der Waals surface area contributed by atoms with Gasteiger partial charge in [-0.1, -0.05) is 32.0 Å². The van der Waals surface area contributed by atoms with Gasteiger partial charge in [-0.05, 0) is 30.0 Å². The van der Waals surface area contributed by atoms with E-state index in [-0.39, 0.29) is 5.97 Å². The summed E-state index contributed by atoms with van der Waals surface area (Å²) < 4.78 is 5.04. The van der Waals surface area contributed by atoms with Crippen LogP contribution in [0.15, 0.2) is 30.3 Å². The van der Waals surface area contributed by atoms with Crippen LogP contribution in [0.5, 0.6) is 0 Å². The van der Waals surface area contributed by atoms with Crippen LogP contribution in [0.2, 0.25) is 0 Å². The first-order chi connectivity index (χ1) is 8.63. The van der Waals surface area contributed by atoms with Crippen LogP contribution in [0.4, 0.5) is 0 Å². The van der Waals surface area contributed by atoms with Crippen molar-refractivity contribution in [1.29, 1.82) is 5.26 Å². The molecule has 0 aromatic heterocycles. The highest BCUT2D eigenvalue weighted by Gasteiger charge is 2.00. The second-order valence-electron chi connectivity index (χ2n) is 4.38. The fourth-order valence-corrected chi connectivity index (χ4v) is 1.35. The molecule has 3 nitrogen and oxygen atoms in total. The minimum Gasteiger partial charge on any atom is -0.463 e. The molecule has 0 atom stereocenters. The van der Waals surface area contributed by atoms with Crippen molar-refractivity contribution >= 4 is 12.0 Å². The number of benzene rings is 1. The second-order valence-corrected chi connectivity index (χ2v) is 4.38. The molecule has 1 rings (SSSR count). The molecule has 0 spiro atoms. The molecule has 0 aliphatic carbocycles. The Bertz CT molecular complexity index is 470. The molecule has 0 amide bonds. The van der Waals surface area contributed by atoms with E-state index in [0.29, 0.717) is 18.1 Å². The lowest BCUT2D eigenvalue weighted by Gasteiger charge is -2.04. The lowest BCUT2D eigenvalue weighted by molar-refractivity contribution is -0.137. The Kier molecular flexibility index (Phi) is 5.66. The van der Waals surface area contributed by atoms with Crippen molar-refractivity contribution in [2.45, 2.75) is 20.3 Å². The van der Waals surface area contributed by atoms with Crippen LogP contribution in [0.3, 0.4) is 0 Å². The van der Waals surface area contributed by atoms with Crippen LogP contribution in [0, 0.1) is 17.2 Å². The summed E-state index contributed by atoms with van der Waals surface area (Å²) in [7, 11) is 0. The predicted octanol–water partition coefficient (Wildman–Crippen LogP) is 3.16. The van der Waals surface area contributed by atoms with E-state index in [1.54, 1.807) is 24.3 Å². The maximum Gasteiger partial charge on any atom is 0.330 e. The van der Waals surface area contributed by atoms with Gasteiger partial charge in [-0.25, -0.2) is 4.79 Å². The van der Waals surface area contributed by atoms with Crippen molar-refractivity contribution < 1.29 is 9.53 Å². The van der Waals surface area contributed by atoms with Crippen molar-refractivity contribution in [2.24, 2.45) is 5.92 Å². The van der Waals surface area contributed by atoms with Crippen LogP contribution < -0.4 is 0 Å². The molecule has 0 saturated heterocycles. The van der Waals surface area contributed by atoms with Crippen LogP contribution in [0.1, 0.15) is 31.4 Å². The van der Waals surface area contributed by atoms with Crippen molar-refractivity contribution in [3.63, 3.8) is 0 Å². The molecule has 3 heteroatoms. The Morgan fingerprint density at radius 2 is 2.17 bits per heavy atom. The summed E-state index contributed by atoms with van der Waals surface area (Å²) in [4.78, 5) is 11.4. The predicted molar refractivity (Wildman–Crippen MR) is 70.6 cm³/mol. The van der Waals surface area contributed by atoms with Gasteiger partial charge < -0.3 is 4.74 Å². The van der Waals surface area contributed by atoms with Gasteiger partial charge in [0.2, 0.25) is 0 Å². The fourth-order valence-electron chi connectivity index (χ4n) is 1.35. The standard InChI is InChI=1S/C15H17NO2/c1-12(2)9-10-18-15(17)8-7-13-5-3-4-6-14(13)11-16/h3-8,12H,9-10H2,1-2H3/b8-7+. The Hall–Kier alpha value is -2.08. The zero-order valence-corrected chi connectivity index (χ0v) is 10.7. The van der Waals surface area contributed by atoms with Crippen molar-refractivity contribution in [3.8, 4) is 6.07 Å². The maximum atomic E-state index is 11.4. The molecule has 18 heavy (non-hydrogen) atoms. The summed E-state index contributed by atoms with van der Waals surface area (Å²) >= 11 is 0. The van der Waals surface area contributed by atoms with Crippen molar-refractivity contribution in [3.05, 3.63) is 41.5 Å². The van der Waals surface area contributed by atoms with E-state index in [1.165, 1.54) is 6.08 Å². The minimum absolute atomic E-state index is 0.372. The summed E-state index contributed by atoms with van der Waals surface area (Å²) in [6.45, 7) is 4.58. The Morgan fingerprint density at radius 3 is 2.83 bits per heavy atom. The lowest BCUT2D eigenvalue weighted by Crippen LogP contribution is -2.04. The van der Waals surface area contributed by atoms with Crippen LogP contribution in [-0.4, -0.2) is 12.6 Å². The number of esters is 1. The third-order valence-electron chi connectivity index (χ3n) is 2.42. The first-order valence-corrected chi connectivity index (χ1v) is 5.97. The molecule has 0 fully saturated rings. The van der Waals surface area contributed by atoms with Gasteiger partial charge >= 0.3 is 5.97 Å². The SMILES string of the molecule is CC(C)CCOC(=O)/C=C/c1ccccc1C#N. The molecule has 0 aliphatic heterocycles. The fraction of sp³-hybridized carbons (Fsp3) is 0.333. The molecule has 0 N–H and O–H groups in total. The van der Waals surface area contributed by atoms with Crippen LogP contribution in [-0.2, 0) is 9.53 Å². The summed E-state index contributed by atoms with van der Waals surface area (Å²) in [6, 6.07) is 9.19. The molecule has 94 valence electrons. The van der Waals surface area contributed by atoms with Gasteiger partial charge in [-0.15, -0.1) is 0 Å². The van der Waals surface area contributed by atoms with Gasteiger partial charge in [-0.3, -0.25) is 0 Å². The van der Waals surface area contributed by atoms with Crippen LogP contribution in [0.25, 0.3) is 6.08 Å². The molecular formula is C15H17NO2. The average Bonchev–Trinajstić information content (AvgIpc) is 2.36. The molecule has 0 bridgehead atoms. The molecule has 0 saturated carbocycles. The number of nitriles is 1. The molecule has 0 aliphatic rings. The quantitative estimate of drug-likeness (QED) is 0.589. The highest BCUT2D eigenvalue weighted by molar-refractivity contribution is 5.87. The molecule has 1 aromatic rings. The van der Waals surface area contributed by atoms with Gasteiger partial charge in [0.15, 0.2) is 0 Å². The number of nitrogens with zero attached hydrogens (tertiary/aromatic N) is 1. The van der Waals surface area contributed by atoms with E-state index in [1.807, 2.05) is 6.07 Å². The van der Waals surface area contributed by atoms with Crippen LogP contribution >= 0.6 is 0 Å². The first-order valence-electron chi connectivity index (χ1n) is 5.97. The third-order valence-corrected chi connectivity index (χ3v) is 2.42. The summed E-state index contributed by atoms with van der Waals surface area (Å²) in [5.41, 5.74) is 1.27. The minimum atomic E-state index is -0.372. The number of hydrogen-bond donors (Lipinski definition) is 0. The molecule has 0 radical (unpaired) electrons. The topological polar surface area (TPSA) is 50.1 Å². The van der Waals surface area contributed by atoms with E-state index >= 15 is 0 Å². The maximum absolute atomic E-state index is 11.4. The highest BCUT2D eigenvalue weighted by atomic mass is 16.5. The Morgan fingerprint density at radius 1 is 1.44 bits per heavy atom. The van der Waals surface area contributed by atoms with Gasteiger partial charge in [-0.2, -0.15) is 5.26 Å². The average molecular weight is 243 g/mol. The van der Waals surface area contributed by atoms with Crippen molar-refractivity contribution in [2.75, 3.05) is 6.61 Å². The van der Waals surface area contributed by atoms with E-state index in [9.17, 15) is 4.79 Å². The number of hydrogen-bond acceptors (Lipinski definition) is 3. The monoisotopic (exact) mass is 243 g/mol. The third kappa shape index (κ3) is 4.84. The van der Waals surface area contributed by atoms with Crippen molar-refractivity contribution in [1.82, 2.24) is 0 Å². The number of ether oxygens (including phenoxy) is 1. The van der Waals surface area contributed by atoms with E-state index < -0.39 is 0 Å². The second kappa shape index (κ2) is 7.29. The summed E-state index contributed by atoms with van der Waals surface area (Å²) in [5, 5.41) is 8.89. The van der Waals surface area contributed by atoms with E-state index in [2.05, 4.69) is 19.9 Å². The number of carbonyl (C=O) groups excluding carboxylic acids is 1. The number of carbonyl (C=O) groups is 1. The van der Waals surface area contributed by atoms with Gasteiger partial charge in [0.1, 0.15) is 0 Å². The smallest absolute Gasteiger partial charge is 0.330 e. The summed E-state index contributed by atoms with van der Waals surface area (Å²) in [6.07, 6.45) is 3.82.